The van der Waals surface area contributed by atoms with Crippen molar-refractivity contribution in [2.24, 2.45) is 0 Å². The average molecular weight is 610 g/mol. The van der Waals surface area contributed by atoms with E-state index >= 15 is 0 Å². The van der Waals surface area contributed by atoms with Crippen LogP contribution in [-0.4, -0.2) is 0 Å². The maximum atomic E-state index is 2.44. The van der Waals surface area contributed by atoms with Crippen molar-refractivity contribution >= 4 is 60.2 Å². The van der Waals surface area contributed by atoms with E-state index in [0.717, 1.165) is 17.8 Å². The summed E-state index contributed by atoms with van der Waals surface area (Å²) in [5.41, 5.74) is 11.4. The molecule has 0 radical (unpaired) electrons. The number of nitrogens with zero attached hydrogens (tertiary/aromatic N) is 1. The van der Waals surface area contributed by atoms with Gasteiger partial charge in [0.25, 0.3) is 0 Å². The lowest BCUT2D eigenvalue weighted by molar-refractivity contribution is 1.24. The number of fused-ring (bicyclic) bond motifs is 10. The molecular weight excluding hydrogens is 579 g/mol. The van der Waals surface area contributed by atoms with Crippen molar-refractivity contribution in [2.45, 2.75) is 6.42 Å². The predicted molar refractivity (Wildman–Crippen MR) is 205 cm³/mol. The number of anilines is 3. The molecule has 0 aliphatic heterocycles. The molecule has 0 unspecified atom stereocenters. The molecule has 0 N–H and O–H groups in total. The molecule has 0 saturated heterocycles. The van der Waals surface area contributed by atoms with Gasteiger partial charge in [0.15, 0.2) is 0 Å². The van der Waals surface area contributed by atoms with Crippen LogP contribution in [0, 0.1) is 0 Å². The predicted octanol–water partition coefficient (Wildman–Crippen LogP) is 13.0. The Kier molecular flexibility index (Phi) is 6.01. The van der Waals surface area contributed by atoms with Gasteiger partial charge in [-0.2, -0.15) is 0 Å². The van der Waals surface area contributed by atoms with Gasteiger partial charge in [0.1, 0.15) is 0 Å². The monoisotopic (exact) mass is 609 g/mol. The summed E-state index contributed by atoms with van der Waals surface area (Å²) < 4.78 is 0. The molecule has 1 aliphatic rings. The summed E-state index contributed by atoms with van der Waals surface area (Å²) in [6.45, 7) is 0. The van der Waals surface area contributed by atoms with Crippen molar-refractivity contribution in [1.82, 2.24) is 0 Å². The number of hydrogen-bond acceptors (Lipinski definition) is 1. The third kappa shape index (κ3) is 4.25. The Morgan fingerprint density at radius 1 is 0.333 bits per heavy atom. The minimum Gasteiger partial charge on any atom is -0.310 e. The lowest BCUT2D eigenvalue weighted by atomic mass is 9.96. The van der Waals surface area contributed by atoms with Crippen LogP contribution in [0.1, 0.15) is 11.1 Å². The second-order valence-electron chi connectivity index (χ2n) is 12.9. The smallest absolute Gasteiger partial charge is 0.0468 e. The maximum absolute atomic E-state index is 2.44. The van der Waals surface area contributed by atoms with Crippen LogP contribution in [-0.2, 0) is 6.42 Å². The molecule has 0 atom stereocenters. The Morgan fingerprint density at radius 3 is 1.77 bits per heavy atom. The highest BCUT2D eigenvalue weighted by Crippen LogP contribution is 2.45. The molecule has 0 aromatic heterocycles. The fourth-order valence-corrected chi connectivity index (χ4v) is 7.94. The van der Waals surface area contributed by atoms with E-state index in [4.69, 9.17) is 0 Å². The van der Waals surface area contributed by atoms with Gasteiger partial charge in [0.2, 0.25) is 0 Å². The summed E-state index contributed by atoms with van der Waals surface area (Å²) in [6.07, 6.45) is 0.938. The normalized spacial score (nSPS) is 12.1. The van der Waals surface area contributed by atoms with Crippen LogP contribution in [0.4, 0.5) is 17.1 Å². The largest absolute Gasteiger partial charge is 0.310 e. The van der Waals surface area contributed by atoms with Crippen LogP contribution in [0.2, 0.25) is 0 Å². The minimum absolute atomic E-state index is 0.938. The minimum atomic E-state index is 0.938. The molecule has 224 valence electrons. The first-order valence-electron chi connectivity index (χ1n) is 16.7. The fourth-order valence-electron chi connectivity index (χ4n) is 7.94. The van der Waals surface area contributed by atoms with Crippen LogP contribution in [0.5, 0.6) is 0 Å². The summed E-state index contributed by atoms with van der Waals surface area (Å²) >= 11 is 0. The zero-order chi connectivity index (χ0) is 31.6. The standard InChI is InChI=1S/C47H31N/c1-2-9-31(10-3-1)35-13-8-14-37(27-35)48(38-22-26-42-36(28-38)29-47-41-16-7-5-12-33(41)18-24-44(42)47)39-21-17-34-20-23-43-40-15-6-4-11-32(40)19-25-45(43)46(34)30-39/h1-28,30H,29H2. The molecule has 9 aromatic rings. The van der Waals surface area contributed by atoms with Gasteiger partial charge < -0.3 is 4.90 Å². The first-order chi connectivity index (χ1) is 23.8. The van der Waals surface area contributed by atoms with Crippen molar-refractivity contribution in [3.63, 3.8) is 0 Å². The maximum Gasteiger partial charge on any atom is 0.0468 e. The first kappa shape index (κ1) is 27.0. The molecule has 0 bridgehead atoms. The molecule has 0 saturated carbocycles. The molecule has 1 heteroatoms. The van der Waals surface area contributed by atoms with Crippen molar-refractivity contribution in [3.05, 3.63) is 187 Å². The van der Waals surface area contributed by atoms with Gasteiger partial charge in [-0.25, -0.2) is 0 Å². The Balaban J connectivity index is 1.17. The fraction of sp³-hybridized carbons (Fsp3) is 0.0213. The van der Waals surface area contributed by atoms with Crippen LogP contribution < -0.4 is 4.90 Å². The molecule has 0 amide bonds. The summed E-state index contributed by atoms with van der Waals surface area (Å²) in [5, 5.41) is 10.3. The number of hydrogen-bond donors (Lipinski definition) is 0. The second-order valence-corrected chi connectivity index (χ2v) is 12.9. The van der Waals surface area contributed by atoms with Gasteiger partial charge in [-0.15, -0.1) is 0 Å². The van der Waals surface area contributed by atoms with Crippen molar-refractivity contribution < 1.29 is 0 Å². The Labute approximate surface area is 280 Å². The van der Waals surface area contributed by atoms with Gasteiger partial charge in [-0.05, 0) is 119 Å². The van der Waals surface area contributed by atoms with E-state index < -0.39 is 0 Å². The molecule has 10 rings (SSSR count). The summed E-state index contributed by atoms with van der Waals surface area (Å²) in [4.78, 5) is 2.44. The van der Waals surface area contributed by atoms with Crippen LogP contribution in [0.3, 0.4) is 0 Å². The zero-order valence-electron chi connectivity index (χ0n) is 26.4. The Morgan fingerprint density at radius 2 is 0.917 bits per heavy atom. The molecule has 9 aromatic carbocycles. The summed E-state index contributed by atoms with van der Waals surface area (Å²) in [7, 11) is 0. The van der Waals surface area contributed by atoms with E-state index in [0.29, 0.717) is 0 Å². The molecule has 1 nitrogen and oxygen atoms in total. The van der Waals surface area contributed by atoms with E-state index in [1.165, 1.54) is 82.2 Å². The van der Waals surface area contributed by atoms with Gasteiger partial charge in [-0.1, -0.05) is 140 Å². The Bertz CT molecular complexity index is 2700. The van der Waals surface area contributed by atoms with Crippen molar-refractivity contribution in [3.8, 4) is 22.3 Å². The van der Waals surface area contributed by atoms with E-state index in [1.807, 2.05) is 0 Å². The second kappa shape index (κ2) is 10.7. The molecule has 1 aliphatic carbocycles. The molecule has 48 heavy (non-hydrogen) atoms. The van der Waals surface area contributed by atoms with E-state index in [-0.39, 0.29) is 0 Å². The van der Waals surface area contributed by atoms with Crippen molar-refractivity contribution in [2.75, 3.05) is 4.90 Å². The highest BCUT2D eigenvalue weighted by molar-refractivity contribution is 6.17. The molecule has 0 spiro atoms. The number of benzene rings is 9. The third-order valence-electron chi connectivity index (χ3n) is 10.2. The lowest BCUT2D eigenvalue weighted by Gasteiger charge is -2.27. The molecule has 0 heterocycles. The first-order valence-corrected chi connectivity index (χ1v) is 16.7. The quantitative estimate of drug-likeness (QED) is 0.179. The number of rotatable bonds is 4. The third-order valence-corrected chi connectivity index (χ3v) is 10.2. The van der Waals surface area contributed by atoms with Crippen LogP contribution in [0.15, 0.2) is 176 Å². The lowest BCUT2D eigenvalue weighted by Crippen LogP contribution is -2.10. The topological polar surface area (TPSA) is 3.24 Å². The van der Waals surface area contributed by atoms with Gasteiger partial charge in [0, 0.05) is 17.1 Å². The summed E-state index contributed by atoms with van der Waals surface area (Å²) in [5.74, 6) is 0. The highest BCUT2D eigenvalue weighted by atomic mass is 15.1. The van der Waals surface area contributed by atoms with Gasteiger partial charge in [0.05, 0.1) is 0 Å². The summed E-state index contributed by atoms with van der Waals surface area (Å²) in [6, 6.07) is 64.8. The van der Waals surface area contributed by atoms with Gasteiger partial charge >= 0.3 is 0 Å². The van der Waals surface area contributed by atoms with Crippen LogP contribution in [0.25, 0.3) is 65.3 Å². The van der Waals surface area contributed by atoms with Crippen molar-refractivity contribution in [1.29, 1.82) is 0 Å². The van der Waals surface area contributed by atoms with Gasteiger partial charge in [-0.3, -0.25) is 0 Å². The Hall–Kier alpha value is -6.18. The molecule has 0 fully saturated rings. The van der Waals surface area contributed by atoms with E-state index in [1.54, 1.807) is 0 Å². The van der Waals surface area contributed by atoms with Crippen LogP contribution >= 0.6 is 0 Å². The zero-order valence-corrected chi connectivity index (χ0v) is 26.4. The average Bonchev–Trinajstić information content (AvgIpc) is 3.54. The highest BCUT2D eigenvalue weighted by Gasteiger charge is 2.23. The SMILES string of the molecule is c1ccc(-c2cccc(N(c3ccc4c(c3)Cc3c-4ccc4ccccc34)c3ccc4ccc5c6ccccc6ccc5c4c3)c2)cc1. The van der Waals surface area contributed by atoms with E-state index in [2.05, 4.69) is 181 Å². The molecular formula is C47H31N. The van der Waals surface area contributed by atoms with E-state index in [9.17, 15) is 0 Å².